The van der Waals surface area contributed by atoms with Crippen LogP contribution in [0.15, 0.2) is 30.3 Å². The number of primary amides is 1. The molecule has 3 amide bonds. The molecule has 6 atom stereocenters. The van der Waals surface area contributed by atoms with Gasteiger partial charge in [-0.3, -0.25) is 19.3 Å². The number of fused-ring (bicyclic) bond motifs is 1. The molecule has 9 heteroatoms. The molecule has 1 aliphatic heterocycles. The predicted octanol–water partition coefficient (Wildman–Crippen LogP) is 1.07. The zero-order chi connectivity index (χ0) is 27.2. The van der Waals surface area contributed by atoms with Gasteiger partial charge in [0.05, 0.1) is 30.7 Å². The summed E-state index contributed by atoms with van der Waals surface area (Å²) in [6.07, 6.45) is 4.62. The average molecular weight is 516 g/mol. The minimum atomic E-state index is -1.09. The summed E-state index contributed by atoms with van der Waals surface area (Å²) >= 11 is 0. The Morgan fingerprint density at radius 1 is 1.11 bits per heavy atom. The maximum atomic E-state index is 13.3. The van der Waals surface area contributed by atoms with Crippen molar-refractivity contribution in [1.82, 2.24) is 15.5 Å². The number of hydrogen-bond donors (Lipinski definition) is 5. The van der Waals surface area contributed by atoms with E-state index in [4.69, 9.17) is 11.5 Å². The van der Waals surface area contributed by atoms with Gasteiger partial charge in [-0.05, 0) is 57.4 Å². The highest BCUT2D eigenvalue weighted by Gasteiger charge is 2.41. The van der Waals surface area contributed by atoms with Gasteiger partial charge in [-0.1, -0.05) is 49.6 Å². The first kappa shape index (κ1) is 29.1. The van der Waals surface area contributed by atoms with Crippen molar-refractivity contribution in [1.29, 1.82) is 0 Å². The van der Waals surface area contributed by atoms with Crippen molar-refractivity contribution in [3.05, 3.63) is 35.9 Å². The van der Waals surface area contributed by atoms with Crippen LogP contribution >= 0.6 is 0 Å². The summed E-state index contributed by atoms with van der Waals surface area (Å²) in [7, 11) is 0. The number of benzene rings is 1. The highest BCUT2D eigenvalue weighted by Crippen LogP contribution is 2.39. The molecular weight excluding hydrogens is 470 g/mol. The highest BCUT2D eigenvalue weighted by molar-refractivity contribution is 5.87. The molecule has 2 fully saturated rings. The fourth-order valence-corrected chi connectivity index (χ4v) is 5.74. The lowest BCUT2D eigenvalue weighted by Gasteiger charge is -2.47. The number of nitrogens with one attached hydrogen (secondary N) is 2. The van der Waals surface area contributed by atoms with E-state index in [9.17, 15) is 19.5 Å². The Hall–Kier alpha value is -2.49. The van der Waals surface area contributed by atoms with Crippen LogP contribution in [0.4, 0.5) is 0 Å². The Kier molecular flexibility index (Phi) is 10.1. The number of β-amino-alcohol motifs (C(OH)–C–C–N with tert-alkyl or cyclic N) is 1. The average Bonchev–Trinajstić information content (AvgIpc) is 2.82. The lowest BCUT2D eigenvalue weighted by atomic mass is 9.72. The fraction of sp³-hybridized carbons (Fsp3) is 0.679. The molecule has 1 aromatic carbocycles. The van der Waals surface area contributed by atoms with E-state index in [0.29, 0.717) is 18.3 Å². The number of carbonyl (C=O) groups excluding carboxylic acids is 3. The Morgan fingerprint density at radius 3 is 2.38 bits per heavy atom. The number of carbonyl (C=O) groups is 3. The second-order valence-electron chi connectivity index (χ2n) is 11.9. The second kappa shape index (κ2) is 12.8. The van der Waals surface area contributed by atoms with E-state index in [0.717, 1.165) is 31.4 Å². The molecule has 0 spiro atoms. The van der Waals surface area contributed by atoms with Crippen LogP contribution in [0.25, 0.3) is 0 Å². The van der Waals surface area contributed by atoms with Crippen LogP contribution in [0.2, 0.25) is 0 Å². The third-order valence-corrected chi connectivity index (χ3v) is 7.57. The molecule has 206 valence electrons. The van der Waals surface area contributed by atoms with Gasteiger partial charge in [0.1, 0.15) is 0 Å². The van der Waals surface area contributed by atoms with Crippen molar-refractivity contribution < 1.29 is 19.5 Å². The van der Waals surface area contributed by atoms with Crippen molar-refractivity contribution >= 4 is 17.7 Å². The van der Waals surface area contributed by atoms with Gasteiger partial charge in [-0.25, -0.2) is 0 Å². The van der Waals surface area contributed by atoms with E-state index in [2.05, 4.69) is 15.5 Å². The van der Waals surface area contributed by atoms with Crippen molar-refractivity contribution in [2.45, 2.75) is 95.5 Å². The van der Waals surface area contributed by atoms with Gasteiger partial charge >= 0.3 is 0 Å². The predicted molar refractivity (Wildman–Crippen MR) is 143 cm³/mol. The number of nitrogens with zero attached hydrogens (tertiary/aromatic N) is 1. The first-order chi connectivity index (χ1) is 17.4. The quantitative estimate of drug-likeness (QED) is 0.315. The number of rotatable bonds is 10. The SMILES string of the molecule is CC(C)(C)NC(=O)C1CC2CCCCC2CN1CC(O)C(Cc1ccccc1)NC(=O)C(N)CC(N)=O. The van der Waals surface area contributed by atoms with Gasteiger partial charge in [-0.15, -0.1) is 0 Å². The fourth-order valence-electron chi connectivity index (χ4n) is 5.74. The maximum absolute atomic E-state index is 13.3. The topological polar surface area (TPSA) is 151 Å². The van der Waals surface area contributed by atoms with Gasteiger partial charge in [0.25, 0.3) is 0 Å². The van der Waals surface area contributed by atoms with Gasteiger partial charge < -0.3 is 27.2 Å². The number of amides is 3. The lowest BCUT2D eigenvalue weighted by molar-refractivity contribution is -0.133. The third kappa shape index (κ3) is 8.79. The summed E-state index contributed by atoms with van der Waals surface area (Å²) in [6.45, 7) is 6.90. The summed E-state index contributed by atoms with van der Waals surface area (Å²) < 4.78 is 0. The van der Waals surface area contributed by atoms with Crippen LogP contribution in [0.5, 0.6) is 0 Å². The lowest BCUT2D eigenvalue weighted by Crippen LogP contribution is -2.60. The Balaban J connectivity index is 1.78. The molecule has 0 aromatic heterocycles. The van der Waals surface area contributed by atoms with Crippen molar-refractivity contribution in [3.8, 4) is 0 Å². The monoisotopic (exact) mass is 515 g/mol. The Labute approximate surface area is 220 Å². The molecule has 1 aromatic rings. The maximum Gasteiger partial charge on any atom is 0.237 e. The summed E-state index contributed by atoms with van der Waals surface area (Å²) in [4.78, 5) is 39.5. The number of nitrogens with two attached hydrogens (primary N) is 2. The Bertz CT molecular complexity index is 919. The molecule has 1 saturated heterocycles. The number of aliphatic hydroxyl groups excluding tert-OH is 1. The molecule has 1 aliphatic carbocycles. The van der Waals surface area contributed by atoms with E-state index in [1.165, 1.54) is 12.8 Å². The van der Waals surface area contributed by atoms with E-state index in [-0.39, 0.29) is 30.5 Å². The third-order valence-electron chi connectivity index (χ3n) is 7.57. The van der Waals surface area contributed by atoms with E-state index in [1.807, 2.05) is 51.1 Å². The standard InChI is InChI=1S/C28H45N5O4/c1-28(2,3)32-27(37)23-14-19-11-7-8-12-20(19)16-33(23)17-24(34)22(13-18-9-5-4-6-10-18)31-26(36)21(29)15-25(30)35/h4-6,9-10,19-24,34H,7-8,11-17,29H2,1-3H3,(H2,30,35)(H,31,36)(H,32,37). The second-order valence-corrected chi connectivity index (χ2v) is 11.9. The molecule has 1 saturated carbocycles. The van der Waals surface area contributed by atoms with Crippen molar-refractivity contribution in [2.24, 2.45) is 23.3 Å². The molecule has 0 radical (unpaired) electrons. The molecule has 6 unspecified atom stereocenters. The van der Waals surface area contributed by atoms with E-state index in [1.54, 1.807) is 0 Å². The van der Waals surface area contributed by atoms with Crippen molar-refractivity contribution in [2.75, 3.05) is 13.1 Å². The minimum Gasteiger partial charge on any atom is -0.390 e. The normalized spacial score (nSPS) is 24.8. The smallest absolute Gasteiger partial charge is 0.237 e. The van der Waals surface area contributed by atoms with Crippen molar-refractivity contribution in [3.63, 3.8) is 0 Å². The molecular formula is C28H45N5O4. The van der Waals surface area contributed by atoms with Gasteiger partial charge in [0.2, 0.25) is 17.7 Å². The summed E-state index contributed by atoms with van der Waals surface area (Å²) in [5.41, 5.74) is 11.7. The number of piperidine rings is 1. The van der Waals surface area contributed by atoms with E-state index < -0.39 is 30.0 Å². The summed E-state index contributed by atoms with van der Waals surface area (Å²) in [5, 5.41) is 17.4. The van der Waals surface area contributed by atoms with Crippen LogP contribution in [0.3, 0.4) is 0 Å². The molecule has 2 aliphatic rings. The first-order valence-corrected chi connectivity index (χ1v) is 13.5. The van der Waals surface area contributed by atoms with Gasteiger partial charge in [0.15, 0.2) is 0 Å². The minimum absolute atomic E-state index is 0.0177. The first-order valence-electron chi connectivity index (χ1n) is 13.5. The largest absolute Gasteiger partial charge is 0.390 e. The molecule has 7 N–H and O–H groups in total. The Morgan fingerprint density at radius 2 is 1.76 bits per heavy atom. The number of likely N-dealkylation sites (tertiary alicyclic amines) is 1. The van der Waals surface area contributed by atoms with Crippen LogP contribution in [0.1, 0.15) is 64.9 Å². The zero-order valence-electron chi connectivity index (χ0n) is 22.5. The van der Waals surface area contributed by atoms with Crippen LogP contribution in [0, 0.1) is 11.8 Å². The molecule has 0 bridgehead atoms. The molecule has 9 nitrogen and oxygen atoms in total. The van der Waals surface area contributed by atoms with Gasteiger partial charge in [0, 0.05) is 18.6 Å². The molecule has 37 heavy (non-hydrogen) atoms. The zero-order valence-corrected chi connectivity index (χ0v) is 22.5. The molecule has 3 rings (SSSR count). The van der Waals surface area contributed by atoms with E-state index >= 15 is 0 Å². The summed E-state index contributed by atoms with van der Waals surface area (Å²) in [5.74, 6) is -0.191. The number of aliphatic hydroxyl groups is 1. The number of hydrogen-bond acceptors (Lipinski definition) is 6. The van der Waals surface area contributed by atoms with Crippen LogP contribution in [-0.2, 0) is 20.8 Å². The molecule has 1 heterocycles. The van der Waals surface area contributed by atoms with Gasteiger partial charge in [-0.2, -0.15) is 0 Å². The van der Waals surface area contributed by atoms with Crippen LogP contribution in [-0.4, -0.2) is 70.6 Å². The summed E-state index contributed by atoms with van der Waals surface area (Å²) in [6, 6.07) is 7.50. The highest BCUT2D eigenvalue weighted by atomic mass is 16.3. The van der Waals surface area contributed by atoms with Crippen LogP contribution < -0.4 is 22.1 Å².